The molecule has 1 heterocycles. The lowest BCUT2D eigenvalue weighted by Crippen LogP contribution is -2.28. The number of carbonyl (C=O) groups is 1. The second kappa shape index (κ2) is 8.17. The number of hydrogen-bond acceptors (Lipinski definition) is 3. The van der Waals surface area contributed by atoms with Gasteiger partial charge in [0, 0.05) is 18.0 Å². The van der Waals surface area contributed by atoms with E-state index in [0.29, 0.717) is 6.42 Å². The molecule has 1 atom stereocenters. The highest BCUT2D eigenvalue weighted by molar-refractivity contribution is 7.07. The van der Waals surface area contributed by atoms with E-state index >= 15 is 0 Å². The van der Waals surface area contributed by atoms with Gasteiger partial charge in [-0.2, -0.15) is 11.3 Å². The van der Waals surface area contributed by atoms with Crippen LogP contribution in [0.15, 0.2) is 41.1 Å². The Morgan fingerprint density at radius 1 is 1.29 bits per heavy atom. The van der Waals surface area contributed by atoms with Crippen LogP contribution in [-0.4, -0.2) is 17.6 Å². The molecule has 0 saturated heterocycles. The van der Waals surface area contributed by atoms with Crippen LogP contribution in [0, 0.1) is 0 Å². The van der Waals surface area contributed by atoms with E-state index in [4.69, 9.17) is 11.6 Å². The van der Waals surface area contributed by atoms with E-state index in [2.05, 4.69) is 5.32 Å². The van der Waals surface area contributed by atoms with Gasteiger partial charge in [0.2, 0.25) is 5.91 Å². The van der Waals surface area contributed by atoms with Crippen molar-refractivity contribution in [1.82, 2.24) is 5.32 Å². The molecule has 0 aliphatic carbocycles. The van der Waals surface area contributed by atoms with E-state index in [-0.39, 0.29) is 12.5 Å². The van der Waals surface area contributed by atoms with Crippen molar-refractivity contribution in [3.63, 3.8) is 0 Å². The van der Waals surface area contributed by atoms with Crippen molar-refractivity contribution in [2.75, 3.05) is 6.54 Å². The summed E-state index contributed by atoms with van der Waals surface area (Å²) in [5.74, 6) is -0.0294. The third-order valence-corrected chi connectivity index (χ3v) is 4.16. The Morgan fingerprint density at radius 2 is 2.05 bits per heavy atom. The van der Waals surface area contributed by atoms with Crippen molar-refractivity contribution >= 4 is 28.8 Å². The molecule has 1 aromatic heterocycles. The fourth-order valence-corrected chi connectivity index (χ4v) is 2.82. The Bertz CT molecular complexity index is 554. The van der Waals surface area contributed by atoms with Gasteiger partial charge >= 0.3 is 0 Å². The number of nitrogens with one attached hydrogen (secondary N) is 1. The average Bonchev–Trinajstić information content (AvgIpc) is 3.01. The van der Waals surface area contributed by atoms with Crippen molar-refractivity contribution in [2.24, 2.45) is 0 Å². The molecule has 2 N–H and O–H groups in total. The number of amides is 1. The molecule has 0 bridgehead atoms. The minimum atomic E-state index is -0.628. The zero-order valence-corrected chi connectivity index (χ0v) is 13.2. The number of rotatable bonds is 7. The molecular weight excluding hydrogens is 306 g/mol. The highest BCUT2D eigenvalue weighted by Crippen LogP contribution is 2.15. The molecule has 21 heavy (non-hydrogen) atoms. The molecule has 2 aromatic rings. The van der Waals surface area contributed by atoms with Crippen LogP contribution >= 0.6 is 22.9 Å². The van der Waals surface area contributed by atoms with Gasteiger partial charge in [0.1, 0.15) is 0 Å². The molecule has 0 aliphatic heterocycles. The van der Waals surface area contributed by atoms with Crippen molar-refractivity contribution in [3.05, 3.63) is 57.2 Å². The Hall–Kier alpha value is -1.36. The lowest BCUT2D eigenvalue weighted by atomic mass is 10.1. The largest absolute Gasteiger partial charge is 0.387 e. The van der Waals surface area contributed by atoms with Crippen molar-refractivity contribution in [3.8, 4) is 0 Å². The molecule has 0 aliphatic rings. The van der Waals surface area contributed by atoms with Crippen molar-refractivity contribution in [1.29, 1.82) is 0 Å². The first-order valence-corrected chi connectivity index (χ1v) is 8.18. The topological polar surface area (TPSA) is 49.3 Å². The predicted molar refractivity (Wildman–Crippen MR) is 86.7 cm³/mol. The first-order chi connectivity index (χ1) is 10.1. The summed E-state index contributed by atoms with van der Waals surface area (Å²) in [5.41, 5.74) is 2.02. The van der Waals surface area contributed by atoms with Gasteiger partial charge in [0.15, 0.2) is 0 Å². The Balaban J connectivity index is 1.64. The number of hydrogen-bond donors (Lipinski definition) is 2. The molecule has 1 aromatic carbocycles. The molecule has 2 rings (SSSR count). The summed E-state index contributed by atoms with van der Waals surface area (Å²) >= 11 is 7.35. The second-order valence-corrected chi connectivity index (χ2v) is 6.07. The monoisotopic (exact) mass is 323 g/mol. The summed E-state index contributed by atoms with van der Waals surface area (Å²) in [4.78, 5) is 11.7. The van der Waals surface area contributed by atoms with Gasteiger partial charge in [-0.1, -0.05) is 23.7 Å². The Kier molecular flexibility index (Phi) is 6.23. The number of aryl methyl sites for hydroxylation is 1. The van der Waals surface area contributed by atoms with E-state index in [9.17, 15) is 9.90 Å². The summed E-state index contributed by atoms with van der Waals surface area (Å²) in [6, 6.07) is 9.52. The third kappa shape index (κ3) is 5.50. The SMILES string of the molecule is O=C(CCCc1ccc(Cl)cc1)NCC(O)c1ccsc1. The van der Waals surface area contributed by atoms with Crippen LogP contribution < -0.4 is 5.32 Å². The smallest absolute Gasteiger partial charge is 0.220 e. The summed E-state index contributed by atoms with van der Waals surface area (Å²) in [5, 5.41) is 17.1. The van der Waals surface area contributed by atoms with Gasteiger partial charge in [-0.25, -0.2) is 0 Å². The predicted octanol–water partition coefficient (Wildman–Crippen LogP) is 3.57. The molecule has 0 radical (unpaired) electrons. The van der Waals surface area contributed by atoms with Crippen molar-refractivity contribution < 1.29 is 9.90 Å². The normalized spacial score (nSPS) is 12.1. The van der Waals surface area contributed by atoms with Gasteiger partial charge in [-0.05, 0) is 52.9 Å². The van der Waals surface area contributed by atoms with E-state index in [1.54, 1.807) is 0 Å². The van der Waals surface area contributed by atoms with Gasteiger partial charge in [0.05, 0.1) is 6.10 Å². The van der Waals surface area contributed by atoms with E-state index < -0.39 is 6.10 Å². The highest BCUT2D eigenvalue weighted by Gasteiger charge is 2.09. The van der Waals surface area contributed by atoms with Crippen molar-refractivity contribution in [2.45, 2.75) is 25.4 Å². The molecule has 1 unspecified atom stereocenters. The van der Waals surface area contributed by atoms with E-state index in [1.807, 2.05) is 41.1 Å². The molecule has 112 valence electrons. The van der Waals surface area contributed by atoms with Gasteiger partial charge in [-0.3, -0.25) is 4.79 Å². The van der Waals surface area contributed by atoms with Crippen LogP contribution in [0.1, 0.15) is 30.1 Å². The van der Waals surface area contributed by atoms with Crippen LogP contribution in [-0.2, 0) is 11.2 Å². The molecular formula is C16H18ClNO2S. The number of aliphatic hydroxyl groups is 1. The fraction of sp³-hybridized carbons (Fsp3) is 0.312. The maximum atomic E-state index is 11.7. The van der Waals surface area contributed by atoms with Crippen LogP contribution in [0.2, 0.25) is 5.02 Å². The van der Waals surface area contributed by atoms with Gasteiger partial charge in [0.25, 0.3) is 0 Å². The summed E-state index contributed by atoms with van der Waals surface area (Å²) in [7, 11) is 0. The van der Waals surface area contributed by atoms with E-state index in [1.165, 1.54) is 16.9 Å². The second-order valence-electron chi connectivity index (χ2n) is 4.86. The van der Waals surface area contributed by atoms with E-state index in [0.717, 1.165) is 23.4 Å². The zero-order chi connectivity index (χ0) is 15.1. The van der Waals surface area contributed by atoms with Gasteiger partial charge in [-0.15, -0.1) is 0 Å². The molecule has 0 spiro atoms. The minimum absolute atomic E-state index is 0.0294. The number of aliphatic hydroxyl groups excluding tert-OH is 1. The van der Waals surface area contributed by atoms with Crippen LogP contribution in [0.25, 0.3) is 0 Å². The molecule has 0 saturated carbocycles. The Labute approximate surface area is 133 Å². The number of carbonyl (C=O) groups excluding carboxylic acids is 1. The molecule has 1 amide bonds. The number of benzene rings is 1. The minimum Gasteiger partial charge on any atom is -0.387 e. The fourth-order valence-electron chi connectivity index (χ4n) is 1.99. The highest BCUT2D eigenvalue weighted by atomic mass is 35.5. The maximum absolute atomic E-state index is 11.7. The van der Waals surface area contributed by atoms with Gasteiger partial charge < -0.3 is 10.4 Å². The maximum Gasteiger partial charge on any atom is 0.220 e. The average molecular weight is 324 g/mol. The molecule has 3 nitrogen and oxygen atoms in total. The summed E-state index contributed by atoms with van der Waals surface area (Å²) < 4.78 is 0. The number of halogens is 1. The van der Waals surface area contributed by atoms with Crippen LogP contribution in [0.4, 0.5) is 0 Å². The molecule has 5 heteroatoms. The lowest BCUT2D eigenvalue weighted by molar-refractivity contribution is -0.121. The first kappa shape index (κ1) is 16.0. The zero-order valence-electron chi connectivity index (χ0n) is 11.6. The van der Waals surface area contributed by atoms with Crippen LogP contribution in [0.5, 0.6) is 0 Å². The number of thiophene rings is 1. The quantitative estimate of drug-likeness (QED) is 0.818. The Morgan fingerprint density at radius 3 is 2.71 bits per heavy atom. The van der Waals surface area contributed by atoms with Crippen LogP contribution in [0.3, 0.4) is 0 Å². The first-order valence-electron chi connectivity index (χ1n) is 6.86. The lowest BCUT2D eigenvalue weighted by Gasteiger charge is -2.10. The third-order valence-electron chi connectivity index (χ3n) is 3.20. The molecule has 0 fully saturated rings. The standard InChI is InChI=1S/C16H18ClNO2S/c17-14-6-4-12(5-7-14)2-1-3-16(20)18-10-15(19)13-8-9-21-11-13/h4-9,11,15,19H,1-3,10H2,(H,18,20). The summed E-state index contributed by atoms with van der Waals surface area (Å²) in [6.07, 6.45) is 1.45. The summed E-state index contributed by atoms with van der Waals surface area (Å²) in [6.45, 7) is 0.260.